The van der Waals surface area contributed by atoms with Gasteiger partial charge in [-0.25, -0.2) is 0 Å². The molecule has 1 radical (unpaired) electrons. The molecule has 1 aliphatic rings. The predicted molar refractivity (Wildman–Crippen MR) is 88.3 cm³/mol. The lowest BCUT2D eigenvalue weighted by atomic mass is 9.93. The molecule has 0 saturated heterocycles. The first-order valence-corrected chi connectivity index (χ1v) is 8.22. The fraction of sp³-hybridized carbons (Fsp3) is 0.412. The molecule has 105 valence electrons. The van der Waals surface area contributed by atoms with Gasteiger partial charge in [-0.15, -0.1) is 11.3 Å². The van der Waals surface area contributed by atoms with Gasteiger partial charge in [-0.1, -0.05) is 31.4 Å². The highest BCUT2D eigenvalue weighted by Gasteiger charge is 2.22. The molecule has 1 aromatic heterocycles. The molecule has 20 heavy (non-hydrogen) atoms. The van der Waals surface area contributed by atoms with Crippen molar-refractivity contribution in [3.63, 3.8) is 0 Å². The van der Waals surface area contributed by atoms with Crippen molar-refractivity contribution in [3.8, 4) is 10.4 Å². The molecule has 0 atom stereocenters. The van der Waals surface area contributed by atoms with Gasteiger partial charge in [-0.05, 0) is 30.4 Å². The van der Waals surface area contributed by atoms with Crippen molar-refractivity contribution in [1.82, 2.24) is 0 Å². The Morgan fingerprint density at radius 2 is 2.05 bits per heavy atom. The Morgan fingerprint density at radius 3 is 2.75 bits per heavy atom. The molecule has 1 aliphatic carbocycles. The molecular formula is C17H21N2S. The average Bonchev–Trinajstić information content (AvgIpc) is 3.01. The maximum Gasteiger partial charge on any atom is 0.0555 e. The van der Waals surface area contributed by atoms with Gasteiger partial charge in [0.05, 0.1) is 5.69 Å². The minimum atomic E-state index is 0.625. The Hall–Kier alpha value is -1.48. The fourth-order valence-electron chi connectivity index (χ4n) is 3.11. The number of thiophene rings is 1. The summed E-state index contributed by atoms with van der Waals surface area (Å²) in [6, 6.07) is 12.2. The van der Waals surface area contributed by atoms with Crippen molar-refractivity contribution < 1.29 is 0 Å². The maximum absolute atomic E-state index is 6.24. The van der Waals surface area contributed by atoms with Gasteiger partial charge in [-0.2, -0.15) is 0 Å². The smallest absolute Gasteiger partial charge is 0.0555 e. The van der Waals surface area contributed by atoms with E-state index in [0.717, 1.165) is 16.9 Å². The summed E-state index contributed by atoms with van der Waals surface area (Å²) in [5.41, 5.74) is 9.39. The third kappa shape index (κ3) is 2.55. The number of nitrogen functional groups attached to an aromatic ring is 1. The number of nitrogens with two attached hydrogens (primary N) is 1. The van der Waals surface area contributed by atoms with E-state index in [1.807, 2.05) is 12.1 Å². The number of hydrogen-bond donors (Lipinski definition) is 1. The number of benzene rings is 1. The minimum Gasteiger partial charge on any atom is -0.398 e. The summed E-state index contributed by atoms with van der Waals surface area (Å²) in [5, 5.41) is 2.10. The van der Waals surface area contributed by atoms with Gasteiger partial charge in [0.25, 0.3) is 0 Å². The van der Waals surface area contributed by atoms with Gasteiger partial charge in [0.1, 0.15) is 0 Å². The largest absolute Gasteiger partial charge is 0.398 e. The van der Waals surface area contributed by atoms with Crippen LogP contribution < -0.4 is 10.6 Å². The van der Waals surface area contributed by atoms with Crippen LogP contribution in [0.25, 0.3) is 10.4 Å². The molecule has 1 fully saturated rings. The zero-order chi connectivity index (χ0) is 13.9. The van der Waals surface area contributed by atoms with E-state index in [2.05, 4.69) is 35.5 Å². The Labute approximate surface area is 125 Å². The van der Waals surface area contributed by atoms with Crippen molar-refractivity contribution in [2.45, 2.75) is 38.1 Å². The standard InChI is InChI=1S/C17H21N2S/c1-19(13-7-3-2-4-8-13)15-10-5-9-14(18)17(15)16-11-6-12-20-16/h5-6,9,11-13H,2-4,7-8,18H2,1H3. The van der Waals surface area contributed by atoms with E-state index in [-0.39, 0.29) is 0 Å². The SMILES string of the molecule is CN(c1[c]ccc(N)c1-c1cccs1)C1CCCCC1. The summed E-state index contributed by atoms with van der Waals surface area (Å²) >= 11 is 1.74. The van der Waals surface area contributed by atoms with Crippen LogP contribution in [-0.2, 0) is 0 Å². The summed E-state index contributed by atoms with van der Waals surface area (Å²) in [4.78, 5) is 3.63. The van der Waals surface area contributed by atoms with Crippen LogP contribution in [0.1, 0.15) is 32.1 Å². The van der Waals surface area contributed by atoms with E-state index >= 15 is 0 Å². The van der Waals surface area contributed by atoms with Crippen molar-refractivity contribution in [1.29, 1.82) is 0 Å². The molecule has 3 rings (SSSR count). The lowest BCUT2D eigenvalue weighted by molar-refractivity contribution is 0.428. The molecule has 0 spiro atoms. The zero-order valence-electron chi connectivity index (χ0n) is 11.9. The molecule has 1 saturated carbocycles. The molecule has 0 unspecified atom stereocenters. The average molecular weight is 285 g/mol. The number of anilines is 2. The van der Waals surface area contributed by atoms with E-state index in [0.29, 0.717) is 6.04 Å². The van der Waals surface area contributed by atoms with Gasteiger partial charge in [0.15, 0.2) is 0 Å². The maximum atomic E-state index is 6.24. The van der Waals surface area contributed by atoms with Crippen LogP contribution in [0.4, 0.5) is 11.4 Å². The Kier molecular flexibility index (Phi) is 3.97. The van der Waals surface area contributed by atoms with Gasteiger partial charge in [0.2, 0.25) is 0 Å². The van der Waals surface area contributed by atoms with Gasteiger partial charge in [-0.3, -0.25) is 0 Å². The second-order valence-corrected chi connectivity index (χ2v) is 6.48. The molecule has 0 amide bonds. The monoisotopic (exact) mass is 285 g/mol. The van der Waals surface area contributed by atoms with Crippen LogP contribution in [0.3, 0.4) is 0 Å². The zero-order valence-corrected chi connectivity index (χ0v) is 12.7. The highest BCUT2D eigenvalue weighted by atomic mass is 32.1. The van der Waals surface area contributed by atoms with Crippen molar-refractivity contribution >= 4 is 22.7 Å². The molecule has 0 aliphatic heterocycles. The summed E-state index contributed by atoms with van der Waals surface area (Å²) < 4.78 is 0. The van der Waals surface area contributed by atoms with Crippen LogP contribution in [0, 0.1) is 6.07 Å². The van der Waals surface area contributed by atoms with Gasteiger partial charge >= 0.3 is 0 Å². The van der Waals surface area contributed by atoms with Gasteiger partial charge < -0.3 is 10.6 Å². The first-order chi connectivity index (χ1) is 9.77. The molecule has 2 N–H and O–H groups in total. The molecule has 1 heterocycles. The first kappa shape index (κ1) is 13.5. The Morgan fingerprint density at radius 1 is 1.25 bits per heavy atom. The highest BCUT2D eigenvalue weighted by Crippen LogP contribution is 2.39. The second-order valence-electron chi connectivity index (χ2n) is 5.54. The van der Waals surface area contributed by atoms with E-state index in [1.165, 1.54) is 37.0 Å². The normalized spacial score (nSPS) is 16.2. The number of nitrogens with zero attached hydrogens (tertiary/aromatic N) is 1. The van der Waals surface area contributed by atoms with E-state index in [4.69, 9.17) is 5.73 Å². The molecule has 0 bridgehead atoms. The topological polar surface area (TPSA) is 29.3 Å². The lowest BCUT2D eigenvalue weighted by Gasteiger charge is -2.34. The third-order valence-electron chi connectivity index (χ3n) is 4.25. The van der Waals surface area contributed by atoms with Crippen LogP contribution in [-0.4, -0.2) is 13.1 Å². The van der Waals surface area contributed by atoms with Crippen molar-refractivity contribution in [3.05, 3.63) is 35.7 Å². The summed E-state index contributed by atoms with van der Waals surface area (Å²) in [6.07, 6.45) is 6.62. The number of hydrogen-bond acceptors (Lipinski definition) is 3. The summed E-state index contributed by atoms with van der Waals surface area (Å²) in [7, 11) is 2.19. The van der Waals surface area contributed by atoms with Crippen LogP contribution in [0.15, 0.2) is 29.6 Å². The van der Waals surface area contributed by atoms with Crippen LogP contribution >= 0.6 is 11.3 Å². The predicted octanol–water partition coefficient (Wildman–Crippen LogP) is 4.57. The first-order valence-electron chi connectivity index (χ1n) is 7.34. The Balaban J connectivity index is 1.98. The second kappa shape index (κ2) is 5.88. The third-order valence-corrected chi connectivity index (χ3v) is 5.14. The van der Waals surface area contributed by atoms with Gasteiger partial charge in [0, 0.05) is 35.3 Å². The Bertz CT molecular complexity index is 556. The summed E-state index contributed by atoms with van der Waals surface area (Å²) in [5.74, 6) is 0. The van der Waals surface area contributed by atoms with E-state index in [9.17, 15) is 0 Å². The van der Waals surface area contributed by atoms with Crippen LogP contribution in [0.2, 0.25) is 0 Å². The van der Waals surface area contributed by atoms with Crippen molar-refractivity contribution in [2.24, 2.45) is 0 Å². The highest BCUT2D eigenvalue weighted by molar-refractivity contribution is 7.13. The van der Waals surface area contributed by atoms with Crippen LogP contribution in [0.5, 0.6) is 0 Å². The molecule has 2 nitrogen and oxygen atoms in total. The lowest BCUT2D eigenvalue weighted by Crippen LogP contribution is -2.33. The fourth-order valence-corrected chi connectivity index (χ4v) is 3.90. The molecular weight excluding hydrogens is 264 g/mol. The van der Waals surface area contributed by atoms with E-state index < -0.39 is 0 Å². The minimum absolute atomic E-state index is 0.625. The van der Waals surface area contributed by atoms with E-state index in [1.54, 1.807) is 11.3 Å². The van der Waals surface area contributed by atoms with Crippen molar-refractivity contribution in [2.75, 3.05) is 17.7 Å². The molecule has 1 aromatic carbocycles. The number of rotatable bonds is 3. The quantitative estimate of drug-likeness (QED) is 0.837. The molecule has 3 heteroatoms. The summed E-state index contributed by atoms with van der Waals surface area (Å²) in [6.45, 7) is 0. The molecule has 2 aromatic rings.